The molecule has 104 valence electrons. The van der Waals surface area contributed by atoms with E-state index in [1.807, 2.05) is 6.92 Å². The van der Waals surface area contributed by atoms with Crippen molar-refractivity contribution in [3.63, 3.8) is 0 Å². The van der Waals surface area contributed by atoms with Crippen LogP contribution in [0.15, 0.2) is 24.3 Å². The van der Waals surface area contributed by atoms with Gasteiger partial charge in [-0.15, -0.1) is 0 Å². The fourth-order valence-electron chi connectivity index (χ4n) is 1.80. The molecule has 0 amide bonds. The Morgan fingerprint density at radius 2 is 1.79 bits per heavy atom. The Hall–Kier alpha value is -2.04. The number of rotatable bonds is 7. The molecule has 1 rings (SSSR count). The molecule has 0 aliphatic heterocycles. The van der Waals surface area contributed by atoms with E-state index in [1.54, 1.807) is 24.0 Å². The summed E-state index contributed by atoms with van der Waals surface area (Å²) in [6.45, 7) is 4.30. The van der Waals surface area contributed by atoms with Crippen LogP contribution < -0.4 is 4.90 Å². The standard InChI is InChI=1S/C14H19NO4/c1-3-4-9-15(10(2)13(16)17)12-7-5-11(6-8-12)14(18)19/h5-8,10H,3-4,9H2,1-2H3,(H,16,17)(H,18,19)/t10-/m0/s1. The predicted molar refractivity (Wildman–Crippen MR) is 72.8 cm³/mol. The second kappa shape index (κ2) is 6.78. The number of carboxylic acid groups (broad SMARTS) is 2. The molecule has 0 bridgehead atoms. The molecule has 0 heterocycles. The highest BCUT2D eigenvalue weighted by molar-refractivity contribution is 5.88. The van der Waals surface area contributed by atoms with Crippen molar-refractivity contribution in [3.8, 4) is 0 Å². The second-order valence-corrected chi connectivity index (χ2v) is 4.41. The summed E-state index contributed by atoms with van der Waals surface area (Å²) in [4.78, 5) is 23.7. The molecule has 0 radical (unpaired) electrons. The van der Waals surface area contributed by atoms with Gasteiger partial charge in [0.25, 0.3) is 0 Å². The van der Waals surface area contributed by atoms with Crippen molar-refractivity contribution in [2.45, 2.75) is 32.7 Å². The van der Waals surface area contributed by atoms with Crippen molar-refractivity contribution in [3.05, 3.63) is 29.8 Å². The Morgan fingerprint density at radius 1 is 1.21 bits per heavy atom. The molecule has 0 aromatic heterocycles. The van der Waals surface area contributed by atoms with Gasteiger partial charge in [-0.25, -0.2) is 9.59 Å². The lowest BCUT2D eigenvalue weighted by atomic mass is 10.1. The lowest BCUT2D eigenvalue weighted by Gasteiger charge is -2.28. The van der Waals surface area contributed by atoms with Gasteiger partial charge in [0.1, 0.15) is 6.04 Å². The Kier molecular flexibility index (Phi) is 5.36. The summed E-state index contributed by atoms with van der Waals surface area (Å²) in [5.74, 6) is -1.88. The molecule has 5 nitrogen and oxygen atoms in total. The highest BCUT2D eigenvalue weighted by Gasteiger charge is 2.20. The number of nitrogens with zero attached hydrogens (tertiary/aromatic N) is 1. The van der Waals surface area contributed by atoms with Gasteiger partial charge in [0.15, 0.2) is 0 Å². The van der Waals surface area contributed by atoms with Gasteiger partial charge >= 0.3 is 11.9 Å². The van der Waals surface area contributed by atoms with Crippen molar-refractivity contribution in [2.24, 2.45) is 0 Å². The topological polar surface area (TPSA) is 77.8 Å². The molecule has 2 N–H and O–H groups in total. The molecule has 0 aliphatic rings. The van der Waals surface area contributed by atoms with Crippen LogP contribution in [-0.2, 0) is 4.79 Å². The third-order valence-electron chi connectivity index (χ3n) is 3.02. The summed E-state index contributed by atoms with van der Waals surface area (Å²) < 4.78 is 0. The number of hydrogen-bond donors (Lipinski definition) is 2. The lowest BCUT2D eigenvalue weighted by Crippen LogP contribution is -2.39. The summed E-state index contributed by atoms with van der Waals surface area (Å²) in [5, 5.41) is 18.0. The number of carbonyl (C=O) groups is 2. The monoisotopic (exact) mass is 265 g/mol. The van der Waals surface area contributed by atoms with Gasteiger partial charge in [-0.3, -0.25) is 0 Å². The smallest absolute Gasteiger partial charge is 0.335 e. The van der Waals surface area contributed by atoms with Crippen molar-refractivity contribution >= 4 is 17.6 Å². The minimum absolute atomic E-state index is 0.196. The number of aliphatic carboxylic acids is 1. The maximum absolute atomic E-state index is 11.1. The first-order valence-corrected chi connectivity index (χ1v) is 6.30. The largest absolute Gasteiger partial charge is 0.480 e. The van der Waals surface area contributed by atoms with E-state index in [4.69, 9.17) is 10.2 Å². The van der Waals surface area contributed by atoms with Gasteiger partial charge in [-0.2, -0.15) is 0 Å². The zero-order valence-electron chi connectivity index (χ0n) is 11.2. The average molecular weight is 265 g/mol. The van der Waals surface area contributed by atoms with Crippen LogP contribution >= 0.6 is 0 Å². The van der Waals surface area contributed by atoms with Crippen molar-refractivity contribution in [2.75, 3.05) is 11.4 Å². The van der Waals surface area contributed by atoms with Gasteiger partial charge in [0.2, 0.25) is 0 Å². The Morgan fingerprint density at radius 3 is 2.21 bits per heavy atom. The van der Waals surface area contributed by atoms with Gasteiger partial charge < -0.3 is 15.1 Å². The molecule has 0 saturated heterocycles. The molecule has 0 fully saturated rings. The van der Waals surface area contributed by atoms with E-state index in [0.717, 1.165) is 18.5 Å². The number of hydrogen-bond acceptors (Lipinski definition) is 3. The molecule has 1 aromatic rings. The van der Waals surface area contributed by atoms with Crippen LogP contribution in [0.5, 0.6) is 0 Å². The van der Waals surface area contributed by atoms with E-state index < -0.39 is 18.0 Å². The third-order valence-corrected chi connectivity index (χ3v) is 3.02. The Labute approximate surface area is 112 Å². The van der Waals surface area contributed by atoms with E-state index in [2.05, 4.69) is 0 Å². The molecule has 19 heavy (non-hydrogen) atoms. The van der Waals surface area contributed by atoms with Crippen LogP contribution in [-0.4, -0.2) is 34.7 Å². The molecule has 1 atom stereocenters. The number of anilines is 1. The van der Waals surface area contributed by atoms with E-state index in [0.29, 0.717) is 6.54 Å². The van der Waals surface area contributed by atoms with E-state index in [-0.39, 0.29) is 5.56 Å². The van der Waals surface area contributed by atoms with Crippen molar-refractivity contribution in [1.82, 2.24) is 0 Å². The zero-order chi connectivity index (χ0) is 14.4. The third kappa shape index (κ3) is 3.98. The van der Waals surface area contributed by atoms with E-state index in [1.165, 1.54) is 12.1 Å². The summed E-state index contributed by atoms with van der Waals surface area (Å²) >= 11 is 0. The fraction of sp³-hybridized carbons (Fsp3) is 0.429. The van der Waals surface area contributed by atoms with Gasteiger partial charge in [0.05, 0.1) is 5.56 Å². The fourth-order valence-corrected chi connectivity index (χ4v) is 1.80. The molecule has 0 saturated carbocycles. The highest BCUT2D eigenvalue weighted by atomic mass is 16.4. The molecule has 1 aromatic carbocycles. The Bertz CT molecular complexity index is 441. The molecule has 0 unspecified atom stereocenters. The van der Waals surface area contributed by atoms with E-state index in [9.17, 15) is 9.59 Å². The minimum Gasteiger partial charge on any atom is -0.480 e. The Balaban J connectivity index is 2.96. The number of carboxylic acids is 2. The first kappa shape index (κ1) is 15.0. The van der Waals surface area contributed by atoms with Crippen LogP contribution in [0, 0.1) is 0 Å². The van der Waals surface area contributed by atoms with Crippen LogP contribution in [0.25, 0.3) is 0 Å². The summed E-state index contributed by atoms with van der Waals surface area (Å²) in [5.41, 5.74) is 0.926. The van der Waals surface area contributed by atoms with Crippen LogP contribution in [0.2, 0.25) is 0 Å². The minimum atomic E-state index is -0.988. The molecular weight excluding hydrogens is 246 g/mol. The number of aromatic carboxylic acids is 1. The highest BCUT2D eigenvalue weighted by Crippen LogP contribution is 2.19. The maximum Gasteiger partial charge on any atom is 0.335 e. The summed E-state index contributed by atoms with van der Waals surface area (Å²) in [6, 6.07) is 5.65. The normalized spacial score (nSPS) is 11.9. The average Bonchev–Trinajstić information content (AvgIpc) is 2.39. The zero-order valence-corrected chi connectivity index (χ0v) is 11.2. The van der Waals surface area contributed by atoms with Crippen molar-refractivity contribution in [1.29, 1.82) is 0 Å². The van der Waals surface area contributed by atoms with Crippen molar-refractivity contribution < 1.29 is 19.8 Å². The summed E-state index contributed by atoms with van der Waals surface area (Å²) in [6.07, 6.45) is 1.86. The van der Waals surface area contributed by atoms with E-state index >= 15 is 0 Å². The quantitative estimate of drug-likeness (QED) is 0.791. The lowest BCUT2D eigenvalue weighted by molar-refractivity contribution is -0.138. The second-order valence-electron chi connectivity index (χ2n) is 4.41. The first-order valence-electron chi connectivity index (χ1n) is 6.30. The van der Waals surface area contributed by atoms with Crippen LogP contribution in [0.3, 0.4) is 0 Å². The summed E-state index contributed by atoms with van der Waals surface area (Å²) in [7, 11) is 0. The number of unbranched alkanes of at least 4 members (excludes halogenated alkanes) is 1. The predicted octanol–water partition coefficient (Wildman–Crippen LogP) is 2.46. The van der Waals surface area contributed by atoms with Gasteiger partial charge in [-0.1, -0.05) is 13.3 Å². The SMILES string of the molecule is CCCCN(c1ccc(C(=O)O)cc1)[C@@H](C)C(=O)O. The van der Waals surface area contributed by atoms with Crippen LogP contribution in [0.1, 0.15) is 37.0 Å². The molecule has 0 spiro atoms. The van der Waals surface area contributed by atoms with Gasteiger partial charge in [0, 0.05) is 12.2 Å². The maximum atomic E-state index is 11.1. The number of benzene rings is 1. The van der Waals surface area contributed by atoms with Crippen LogP contribution in [0.4, 0.5) is 5.69 Å². The van der Waals surface area contributed by atoms with Gasteiger partial charge in [-0.05, 0) is 37.6 Å². The molecule has 5 heteroatoms. The first-order chi connectivity index (χ1) is 8.97. The molecular formula is C14H19NO4. The molecule has 0 aliphatic carbocycles.